The van der Waals surface area contributed by atoms with Gasteiger partial charge in [-0.25, -0.2) is 4.39 Å². The molecule has 158 valence electrons. The van der Waals surface area contributed by atoms with E-state index in [1.54, 1.807) is 18.5 Å². The number of hydrogen-bond donors (Lipinski definition) is 2. The van der Waals surface area contributed by atoms with Crippen molar-refractivity contribution in [3.8, 4) is 11.1 Å². The number of nitrogens with one attached hydrogen (secondary N) is 2. The first kappa shape index (κ1) is 19.5. The lowest BCUT2D eigenvalue weighted by molar-refractivity contribution is 0.0859. The molecule has 4 aromatic rings. The van der Waals surface area contributed by atoms with E-state index in [1.807, 2.05) is 41.1 Å². The molecule has 1 amide bonds. The highest BCUT2D eigenvalue weighted by Crippen LogP contribution is 2.26. The molecule has 1 aliphatic heterocycles. The Labute approximate surface area is 179 Å². The van der Waals surface area contributed by atoms with Crippen LogP contribution < -0.4 is 5.32 Å². The molecule has 3 heterocycles. The third-order valence-electron chi connectivity index (χ3n) is 5.75. The van der Waals surface area contributed by atoms with E-state index in [4.69, 9.17) is 4.74 Å². The fourth-order valence-corrected chi connectivity index (χ4v) is 4.13. The van der Waals surface area contributed by atoms with Gasteiger partial charge in [-0.05, 0) is 36.1 Å². The molecule has 0 spiro atoms. The lowest BCUT2D eigenvalue weighted by atomic mass is 10.1. The van der Waals surface area contributed by atoms with Gasteiger partial charge < -0.3 is 14.6 Å². The van der Waals surface area contributed by atoms with E-state index in [9.17, 15) is 9.18 Å². The predicted octanol–water partition coefficient (Wildman–Crippen LogP) is 4.13. The maximum atomic E-state index is 14.7. The number of carbonyl (C=O) groups excluding carboxylic acids is 1. The van der Waals surface area contributed by atoms with Crippen molar-refractivity contribution < 1.29 is 13.9 Å². The van der Waals surface area contributed by atoms with E-state index in [-0.39, 0.29) is 12.0 Å². The third-order valence-corrected chi connectivity index (χ3v) is 5.75. The monoisotopic (exact) mass is 418 g/mol. The Balaban J connectivity index is 1.41. The highest BCUT2D eigenvalue weighted by atomic mass is 19.1. The second-order valence-electron chi connectivity index (χ2n) is 7.83. The predicted molar refractivity (Wildman–Crippen MR) is 116 cm³/mol. The molecular weight excluding hydrogens is 395 g/mol. The normalized spacial score (nSPS) is 16.1. The summed E-state index contributed by atoms with van der Waals surface area (Å²) in [6, 6.07) is 13.0. The fraction of sp³-hybridized carbons (Fsp3) is 0.250. The fourth-order valence-electron chi connectivity index (χ4n) is 4.13. The Morgan fingerprint density at radius 3 is 2.84 bits per heavy atom. The Hall–Kier alpha value is -3.45. The summed E-state index contributed by atoms with van der Waals surface area (Å²) in [5, 5.41) is 10.1. The number of ether oxygens (including phenoxy) is 1. The number of benzene rings is 2. The van der Waals surface area contributed by atoms with Crippen LogP contribution in [0, 0.1) is 5.82 Å². The maximum Gasteiger partial charge on any atom is 0.253 e. The zero-order valence-electron chi connectivity index (χ0n) is 17.0. The van der Waals surface area contributed by atoms with Crippen molar-refractivity contribution in [1.29, 1.82) is 0 Å². The van der Waals surface area contributed by atoms with E-state index >= 15 is 0 Å². The van der Waals surface area contributed by atoms with Crippen LogP contribution in [0.5, 0.6) is 0 Å². The van der Waals surface area contributed by atoms with Crippen LogP contribution in [0.3, 0.4) is 0 Å². The standard InChI is InChI=1S/C24H23FN4O2/c25-21-4-1-5-22-23(21)20(24(30)26-13-19-3-2-10-31-19)15-29(22)14-16-6-8-17(9-7-16)18-11-27-28-12-18/h1,4-9,11-12,15,19H,2-3,10,13-14H2,(H,26,30)(H,27,28). The maximum absolute atomic E-state index is 14.7. The van der Waals surface area contributed by atoms with Gasteiger partial charge in [-0.15, -0.1) is 0 Å². The smallest absolute Gasteiger partial charge is 0.253 e. The van der Waals surface area contributed by atoms with E-state index < -0.39 is 5.82 Å². The molecule has 2 aromatic carbocycles. The van der Waals surface area contributed by atoms with Crippen LogP contribution in [0.2, 0.25) is 0 Å². The second kappa shape index (κ2) is 8.35. The molecule has 0 radical (unpaired) electrons. The van der Waals surface area contributed by atoms with Gasteiger partial charge in [0.2, 0.25) is 0 Å². The lowest BCUT2D eigenvalue weighted by Crippen LogP contribution is -2.31. The highest BCUT2D eigenvalue weighted by molar-refractivity contribution is 6.07. The summed E-state index contributed by atoms with van der Waals surface area (Å²) in [6.07, 6.45) is 7.34. The van der Waals surface area contributed by atoms with Crippen molar-refractivity contribution in [1.82, 2.24) is 20.1 Å². The number of carbonyl (C=O) groups is 1. The molecule has 1 unspecified atom stereocenters. The summed E-state index contributed by atoms with van der Waals surface area (Å²) in [5.41, 5.74) is 4.18. The molecule has 5 rings (SSSR count). The quantitative estimate of drug-likeness (QED) is 0.495. The van der Waals surface area contributed by atoms with E-state index in [0.29, 0.717) is 29.6 Å². The lowest BCUT2D eigenvalue weighted by Gasteiger charge is -2.10. The van der Waals surface area contributed by atoms with Gasteiger partial charge in [0.15, 0.2) is 0 Å². The minimum Gasteiger partial charge on any atom is -0.376 e. The van der Waals surface area contributed by atoms with Crippen LogP contribution in [0.25, 0.3) is 22.0 Å². The number of nitrogens with zero attached hydrogens (tertiary/aromatic N) is 2. The van der Waals surface area contributed by atoms with Gasteiger partial charge in [0.1, 0.15) is 5.82 Å². The molecule has 2 N–H and O–H groups in total. The van der Waals surface area contributed by atoms with Gasteiger partial charge in [0.25, 0.3) is 5.91 Å². The summed E-state index contributed by atoms with van der Waals surface area (Å²) in [7, 11) is 0. The number of aromatic nitrogens is 3. The first-order chi connectivity index (χ1) is 15.2. The van der Waals surface area contributed by atoms with Crippen LogP contribution in [-0.4, -0.2) is 39.9 Å². The highest BCUT2D eigenvalue weighted by Gasteiger charge is 2.21. The van der Waals surface area contributed by atoms with Crippen molar-refractivity contribution in [3.05, 3.63) is 78.0 Å². The van der Waals surface area contributed by atoms with Crippen LogP contribution in [0.1, 0.15) is 28.8 Å². The number of hydrogen-bond acceptors (Lipinski definition) is 3. The molecule has 1 atom stereocenters. The summed E-state index contributed by atoms with van der Waals surface area (Å²) in [6.45, 7) is 1.70. The zero-order valence-corrected chi connectivity index (χ0v) is 17.0. The molecular formula is C24H23FN4O2. The first-order valence-electron chi connectivity index (χ1n) is 10.4. The molecule has 0 aliphatic carbocycles. The van der Waals surface area contributed by atoms with Crippen LogP contribution >= 0.6 is 0 Å². The number of H-pyrrole nitrogens is 1. The second-order valence-corrected chi connectivity index (χ2v) is 7.83. The molecule has 6 nitrogen and oxygen atoms in total. The summed E-state index contributed by atoms with van der Waals surface area (Å²) in [5.74, 6) is -0.673. The Morgan fingerprint density at radius 1 is 1.23 bits per heavy atom. The van der Waals surface area contributed by atoms with Gasteiger partial charge in [-0.2, -0.15) is 5.10 Å². The van der Waals surface area contributed by atoms with Crippen molar-refractivity contribution in [2.24, 2.45) is 0 Å². The molecule has 0 saturated carbocycles. The number of aromatic amines is 1. The summed E-state index contributed by atoms with van der Waals surface area (Å²) < 4.78 is 22.2. The Morgan fingerprint density at radius 2 is 2.10 bits per heavy atom. The van der Waals surface area contributed by atoms with Crippen molar-refractivity contribution >= 4 is 16.8 Å². The molecule has 2 aromatic heterocycles. The number of fused-ring (bicyclic) bond motifs is 1. The molecule has 7 heteroatoms. The largest absolute Gasteiger partial charge is 0.376 e. The average Bonchev–Trinajstić information content (AvgIpc) is 3.55. The van der Waals surface area contributed by atoms with Crippen LogP contribution in [0.15, 0.2) is 61.1 Å². The Kier molecular flexibility index (Phi) is 5.26. The van der Waals surface area contributed by atoms with Crippen LogP contribution in [-0.2, 0) is 11.3 Å². The van der Waals surface area contributed by atoms with E-state index in [1.165, 1.54) is 6.07 Å². The van der Waals surface area contributed by atoms with Gasteiger partial charge in [0, 0.05) is 43.0 Å². The minimum absolute atomic E-state index is 0.0379. The van der Waals surface area contributed by atoms with E-state index in [0.717, 1.165) is 36.1 Å². The van der Waals surface area contributed by atoms with Crippen molar-refractivity contribution in [2.75, 3.05) is 13.2 Å². The molecule has 31 heavy (non-hydrogen) atoms. The number of halogens is 1. The summed E-state index contributed by atoms with van der Waals surface area (Å²) in [4.78, 5) is 12.9. The Bertz CT molecular complexity index is 1190. The van der Waals surface area contributed by atoms with Gasteiger partial charge in [-0.1, -0.05) is 30.3 Å². The van der Waals surface area contributed by atoms with Crippen LogP contribution in [0.4, 0.5) is 4.39 Å². The van der Waals surface area contributed by atoms with Gasteiger partial charge in [0.05, 0.1) is 23.4 Å². The van der Waals surface area contributed by atoms with Crippen molar-refractivity contribution in [3.63, 3.8) is 0 Å². The SMILES string of the molecule is O=C(NCC1CCCO1)c1cn(Cc2ccc(-c3cn[nH]c3)cc2)c2cccc(F)c12. The third kappa shape index (κ3) is 3.96. The molecule has 1 fully saturated rings. The van der Waals surface area contributed by atoms with E-state index in [2.05, 4.69) is 15.5 Å². The molecule has 0 bridgehead atoms. The number of rotatable bonds is 6. The van der Waals surface area contributed by atoms with Gasteiger partial charge in [-0.3, -0.25) is 9.89 Å². The zero-order chi connectivity index (χ0) is 21.2. The average molecular weight is 418 g/mol. The topological polar surface area (TPSA) is 71.9 Å². The number of amides is 1. The summed E-state index contributed by atoms with van der Waals surface area (Å²) >= 11 is 0. The minimum atomic E-state index is -0.395. The molecule has 1 aliphatic rings. The first-order valence-corrected chi connectivity index (χ1v) is 10.4. The van der Waals surface area contributed by atoms with Crippen molar-refractivity contribution in [2.45, 2.75) is 25.5 Å². The molecule has 1 saturated heterocycles. The van der Waals surface area contributed by atoms with Gasteiger partial charge >= 0.3 is 0 Å².